The van der Waals surface area contributed by atoms with Gasteiger partial charge >= 0.3 is 5.97 Å². The maximum Gasteiger partial charge on any atom is 0.339 e. The lowest BCUT2D eigenvalue weighted by atomic mass is 9.84. The zero-order valence-electron chi connectivity index (χ0n) is 16.5. The van der Waals surface area contributed by atoms with Crippen molar-refractivity contribution in [2.24, 2.45) is 11.8 Å². The minimum absolute atomic E-state index is 0.170. The van der Waals surface area contributed by atoms with E-state index in [1.165, 1.54) is 0 Å². The van der Waals surface area contributed by atoms with Crippen LogP contribution in [0.3, 0.4) is 0 Å². The van der Waals surface area contributed by atoms with Crippen LogP contribution in [-0.4, -0.2) is 41.6 Å². The van der Waals surface area contributed by atoms with Crippen LogP contribution in [0, 0.1) is 11.8 Å². The van der Waals surface area contributed by atoms with Crippen molar-refractivity contribution in [1.82, 2.24) is 10.3 Å². The lowest BCUT2D eigenvalue weighted by molar-refractivity contribution is -0.127. The number of aromatic carboxylic acids is 1. The maximum absolute atomic E-state index is 12.1. The molecule has 1 aliphatic heterocycles. The first-order valence-electron chi connectivity index (χ1n) is 10.4. The Balaban J connectivity index is 1.50. The summed E-state index contributed by atoms with van der Waals surface area (Å²) in [6, 6.07) is 13.2. The second-order valence-electron chi connectivity index (χ2n) is 8.07. The summed E-state index contributed by atoms with van der Waals surface area (Å²) in [4.78, 5) is 30.7. The van der Waals surface area contributed by atoms with Crippen LogP contribution in [-0.2, 0) is 4.79 Å². The predicted molar refractivity (Wildman–Crippen MR) is 112 cm³/mol. The summed E-state index contributed by atoms with van der Waals surface area (Å²) in [6.45, 7) is 2.13. The number of hydrogen-bond acceptors (Lipinski definition) is 4. The molecule has 0 bridgehead atoms. The molecule has 2 aromatic rings. The molecule has 1 saturated carbocycles. The van der Waals surface area contributed by atoms with E-state index in [1.54, 1.807) is 12.1 Å². The number of amides is 1. The number of piperidine rings is 1. The minimum Gasteiger partial charge on any atom is -0.478 e. The van der Waals surface area contributed by atoms with Gasteiger partial charge in [-0.25, -0.2) is 9.78 Å². The van der Waals surface area contributed by atoms with Crippen molar-refractivity contribution in [2.45, 2.75) is 32.1 Å². The molecule has 1 aromatic carbocycles. The molecule has 1 aliphatic carbocycles. The highest BCUT2D eigenvalue weighted by molar-refractivity contribution is 5.94. The Kier molecular flexibility index (Phi) is 5.79. The van der Waals surface area contributed by atoms with E-state index in [0.29, 0.717) is 24.8 Å². The summed E-state index contributed by atoms with van der Waals surface area (Å²) in [7, 11) is 0. The van der Waals surface area contributed by atoms with Crippen LogP contribution in [0.25, 0.3) is 11.3 Å². The van der Waals surface area contributed by atoms with E-state index in [2.05, 4.69) is 10.2 Å². The average Bonchev–Trinajstić information content (AvgIpc) is 2.71. The first-order chi connectivity index (χ1) is 14.1. The highest BCUT2D eigenvalue weighted by Crippen LogP contribution is 2.29. The summed E-state index contributed by atoms with van der Waals surface area (Å²) in [5, 5.41) is 12.8. The van der Waals surface area contributed by atoms with Crippen molar-refractivity contribution < 1.29 is 14.7 Å². The molecule has 1 saturated heterocycles. The van der Waals surface area contributed by atoms with Crippen molar-refractivity contribution in [3.8, 4) is 11.3 Å². The molecule has 4 rings (SSSR count). The molecule has 2 heterocycles. The van der Waals surface area contributed by atoms with Gasteiger partial charge in [-0.3, -0.25) is 4.79 Å². The van der Waals surface area contributed by atoms with Crippen molar-refractivity contribution in [1.29, 1.82) is 0 Å². The fourth-order valence-corrected chi connectivity index (χ4v) is 4.11. The van der Waals surface area contributed by atoms with Crippen LogP contribution in [0.5, 0.6) is 0 Å². The van der Waals surface area contributed by atoms with E-state index in [-0.39, 0.29) is 17.4 Å². The van der Waals surface area contributed by atoms with Gasteiger partial charge in [-0.15, -0.1) is 0 Å². The number of carboxylic acids is 1. The van der Waals surface area contributed by atoms with E-state index in [1.807, 2.05) is 30.3 Å². The zero-order valence-corrected chi connectivity index (χ0v) is 16.5. The topological polar surface area (TPSA) is 82.5 Å². The summed E-state index contributed by atoms with van der Waals surface area (Å²) in [6.07, 6.45) is 5.14. The third-order valence-electron chi connectivity index (χ3n) is 6.03. The second kappa shape index (κ2) is 8.64. The normalized spacial score (nSPS) is 19.4. The Labute approximate surface area is 171 Å². The number of aromatic nitrogens is 1. The highest BCUT2D eigenvalue weighted by Gasteiger charge is 2.28. The quantitative estimate of drug-likeness (QED) is 0.784. The number of nitrogens with one attached hydrogen (secondary N) is 1. The lowest BCUT2D eigenvalue weighted by Crippen LogP contribution is -2.43. The molecule has 0 spiro atoms. The van der Waals surface area contributed by atoms with Gasteiger partial charge < -0.3 is 15.3 Å². The summed E-state index contributed by atoms with van der Waals surface area (Å²) < 4.78 is 0. The Hall–Kier alpha value is -2.89. The van der Waals surface area contributed by atoms with Gasteiger partial charge in [0.05, 0.1) is 5.69 Å². The van der Waals surface area contributed by atoms with Crippen LogP contribution in [0.2, 0.25) is 0 Å². The van der Waals surface area contributed by atoms with Gasteiger partial charge in [-0.2, -0.15) is 0 Å². The van der Waals surface area contributed by atoms with Gasteiger partial charge in [0.1, 0.15) is 11.4 Å². The van der Waals surface area contributed by atoms with Gasteiger partial charge in [-0.05, 0) is 43.7 Å². The molecule has 1 unspecified atom stereocenters. The highest BCUT2D eigenvalue weighted by atomic mass is 16.4. The molecule has 1 aromatic heterocycles. The molecule has 0 radical (unpaired) electrons. The molecule has 2 fully saturated rings. The molecule has 2 aliphatic rings. The van der Waals surface area contributed by atoms with Crippen molar-refractivity contribution in [3.63, 3.8) is 0 Å². The number of anilines is 1. The van der Waals surface area contributed by atoms with Crippen LogP contribution < -0.4 is 10.2 Å². The Morgan fingerprint density at radius 1 is 1.07 bits per heavy atom. The number of carbonyl (C=O) groups excluding carboxylic acids is 1. The summed E-state index contributed by atoms with van der Waals surface area (Å²) in [5.41, 5.74) is 1.96. The van der Waals surface area contributed by atoms with Crippen molar-refractivity contribution >= 4 is 17.7 Å². The minimum atomic E-state index is -0.965. The second-order valence-corrected chi connectivity index (χ2v) is 8.07. The van der Waals surface area contributed by atoms with Crippen molar-refractivity contribution in [3.05, 3.63) is 48.0 Å². The van der Waals surface area contributed by atoms with Gasteiger partial charge in [0, 0.05) is 31.1 Å². The van der Waals surface area contributed by atoms with Crippen LogP contribution in [0.15, 0.2) is 42.5 Å². The molecule has 152 valence electrons. The van der Waals surface area contributed by atoms with Gasteiger partial charge in [-0.1, -0.05) is 36.8 Å². The number of carbonyl (C=O) groups is 2. The van der Waals surface area contributed by atoms with E-state index >= 15 is 0 Å². The third kappa shape index (κ3) is 4.42. The maximum atomic E-state index is 12.1. The number of nitrogens with zero attached hydrogens (tertiary/aromatic N) is 2. The number of pyridine rings is 1. The van der Waals surface area contributed by atoms with Gasteiger partial charge in [0.25, 0.3) is 0 Å². The van der Waals surface area contributed by atoms with Gasteiger partial charge in [0.2, 0.25) is 5.91 Å². The third-order valence-corrected chi connectivity index (χ3v) is 6.03. The first-order valence-corrected chi connectivity index (χ1v) is 10.4. The molecular weight excluding hydrogens is 366 g/mol. The molecule has 1 atom stereocenters. The molecular formula is C23H27N3O3. The SMILES string of the molecule is O=C(O)c1ccc(-c2ccccc2)nc1N1CCCC(CNC(=O)C2CCC2)C1. The van der Waals surface area contributed by atoms with Crippen LogP contribution >= 0.6 is 0 Å². The Morgan fingerprint density at radius 3 is 2.55 bits per heavy atom. The number of benzene rings is 1. The number of rotatable bonds is 6. The molecule has 6 heteroatoms. The van der Waals surface area contributed by atoms with Crippen LogP contribution in [0.4, 0.5) is 5.82 Å². The van der Waals surface area contributed by atoms with E-state index in [4.69, 9.17) is 4.98 Å². The Bertz CT molecular complexity index is 880. The summed E-state index contributed by atoms with van der Waals surface area (Å²) in [5.74, 6) is 0.222. The molecule has 2 N–H and O–H groups in total. The lowest BCUT2D eigenvalue weighted by Gasteiger charge is -2.35. The smallest absolute Gasteiger partial charge is 0.339 e. The van der Waals surface area contributed by atoms with Gasteiger partial charge in [0.15, 0.2) is 0 Å². The standard InChI is InChI=1S/C23H27N3O3/c27-22(18-9-4-10-18)24-14-16-6-5-13-26(15-16)21-19(23(28)29)11-12-20(25-21)17-7-2-1-3-8-17/h1-3,7-8,11-12,16,18H,4-6,9-10,13-15H2,(H,24,27)(H,28,29). The summed E-state index contributed by atoms with van der Waals surface area (Å²) >= 11 is 0. The number of hydrogen-bond donors (Lipinski definition) is 2. The average molecular weight is 393 g/mol. The van der Waals surface area contributed by atoms with E-state index in [9.17, 15) is 14.7 Å². The molecule has 1 amide bonds. The van der Waals surface area contributed by atoms with Crippen LogP contribution in [0.1, 0.15) is 42.5 Å². The fraction of sp³-hybridized carbons (Fsp3) is 0.435. The number of carboxylic acid groups (broad SMARTS) is 1. The van der Waals surface area contributed by atoms with Crippen molar-refractivity contribution in [2.75, 3.05) is 24.5 Å². The largest absolute Gasteiger partial charge is 0.478 e. The van der Waals surface area contributed by atoms with E-state index in [0.717, 1.165) is 49.9 Å². The first kappa shape index (κ1) is 19.4. The zero-order chi connectivity index (χ0) is 20.2. The predicted octanol–water partition coefficient (Wildman–Crippen LogP) is 3.58. The fourth-order valence-electron chi connectivity index (χ4n) is 4.11. The molecule has 29 heavy (non-hydrogen) atoms. The monoisotopic (exact) mass is 393 g/mol. The Morgan fingerprint density at radius 2 is 1.86 bits per heavy atom. The molecule has 6 nitrogen and oxygen atoms in total. The van der Waals surface area contributed by atoms with E-state index < -0.39 is 5.97 Å².